The minimum atomic E-state index is -3.49. The average Bonchev–Trinajstić information content (AvgIpc) is 2.43. The van der Waals surface area contributed by atoms with Crippen molar-refractivity contribution < 1.29 is 13.2 Å². The number of nitrogens with two attached hydrogens (primary N) is 1. The van der Waals surface area contributed by atoms with E-state index >= 15 is 0 Å². The standard InChI is InChI=1S/C12H26N4O3S.ClH/c1-10(2)15(3)20(18,19)16-8-4-5-11(9-16)12(17)14-7-6-13;/h10-11H,4-9,13H2,1-3H3,(H,14,17);1H. The Balaban J connectivity index is 0.00000400. The lowest BCUT2D eigenvalue weighted by Crippen LogP contribution is -2.51. The quantitative estimate of drug-likeness (QED) is 0.697. The van der Waals surface area contributed by atoms with Crippen molar-refractivity contribution in [2.45, 2.75) is 32.7 Å². The summed E-state index contributed by atoms with van der Waals surface area (Å²) in [6.07, 6.45) is 1.42. The zero-order valence-electron chi connectivity index (χ0n) is 12.9. The zero-order chi connectivity index (χ0) is 15.3. The summed E-state index contributed by atoms with van der Waals surface area (Å²) in [5, 5.41) is 2.73. The number of piperidine rings is 1. The molecule has 9 heteroatoms. The highest BCUT2D eigenvalue weighted by atomic mass is 35.5. The number of carbonyl (C=O) groups excluding carboxylic acids is 1. The molecule has 0 spiro atoms. The van der Waals surface area contributed by atoms with Crippen LogP contribution in [0.15, 0.2) is 0 Å². The Hall–Kier alpha value is -0.410. The first-order chi connectivity index (χ1) is 9.30. The van der Waals surface area contributed by atoms with Gasteiger partial charge in [0.1, 0.15) is 0 Å². The Bertz CT molecular complexity index is 430. The average molecular weight is 343 g/mol. The number of amides is 1. The van der Waals surface area contributed by atoms with Crippen LogP contribution in [0.4, 0.5) is 0 Å². The summed E-state index contributed by atoms with van der Waals surface area (Å²) >= 11 is 0. The van der Waals surface area contributed by atoms with E-state index in [9.17, 15) is 13.2 Å². The molecule has 1 aliphatic heterocycles. The highest BCUT2D eigenvalue weighted by molar-refractivity contribution is 7.86. The molecule has 1 aliphatic rings. The molecule has 0 saturated carbocycles. The van der Waals surface area contributed by atoms with E-state index in [1.165, 1.54) is 8.61 Å². The molecule has 1 unspecified atom stereocenters. The van der Waals surface area contributed by atoms with Crippen molar-refractivity contribution in [2.24, 2.45) is 11.7 Å². The molecular weight excluding hydrogens is 316 g/mol. The van der Waals surface area contributed by atoms with Gasteiger partial charge in [0.05, 0.1) is 5.92 Å². The van der Waals surface area contributed by atoms with Crippen LogP contribution in [0.25, 0.3) is 0 Å². The molecule has 0 aromatic carbocycles. The van der Waals surface area contributed by atoms with Crippen LogP contribution < -0.4 is 11.1 Å². The van der Waals surface area contributed by atoms with E-state index < -0.39 is 10.2 Å². The number of carbonyl (C=O) groups is 1. The van der Waals surface area contributed by atoms with Crippen molar-refractivity contribution in [3.63, 3.8) is 0 Å². The van der Waals surface area contributed by atoms with Gasteiger partial charge in [-0.25, -0.2) is 0 Å². The predicted molar refractivity (Wildman–Crippen MR) is 85.4 cm³/mol. The Kier molecular flexibility index (Phi) is 8.72. The van der Waals surface area contributed by atoms with E-state index in [2.05, 4.69) is 5.32 Å². The zero-order valence-corrected chi connectivity index (χ0v) is 14.5. The SMILES string of the molecule is CC(C)N(C)S(=O)(=O)N1CCCC(C(=O)NCCN)C1.Cl. The minimum Gasteiger partial charge on any atom is -0.355 e. The maximum Gasteiger partial charge on any atom is 0.281 e. The van der Waals surface area contributed by atoms with Crippen molar-refractivity contribution in [1.29, 1.82) is 0 Å². The second-order valence-corrected chi connectivity index (χ2v) is 7.38. The number of nitrogens with zero attached hydrogens (tertiary/aromatic N) is 2. The van der Waals surface area contributed by atoms with E-state index in [1.54, 1.807) is 7.05 Å². The molecule has 1 fully saturated rings. The molecule has 7 nitrogen and oxygen atoms in total. The molecule has 21 heavy (non-hydrogen) atoms. The lowest BCUT2D eigenvalue weighted by Gasteiger charge is -2.35. The van der Waals surface area contributed by atoms with Gasteiger partial charge in [-0.15, -0.1) is 12.4 Å². The highest BCUT2D eigenvalue weighted by Crippen LogP contribution is 2.21. The van der Waals surface area contributed by atoms with Crippen molar-refractivity contribution >= 4 is 28.5 Å². The molecule has 1 saturated heterocycles. The minimum absolute atomic E-state index is 0. The summed E-state index contributed by atoms with van der Waals surface area (Å²) in [5.41, 5.74) is 5.35. The third-order valence-corrected chi connectivity index (χ3v) is 5.75. The van der Waals surface area contributed by atoms with Gasteiger partial charge in [0.2, 0.25) is 5.91 Å². The van der Waals surface area contributed by atoms with Gasteiger partial charge in [0, 0.05) is 39.3 Å². The van der Waals surface area contributed by atoms with E-state index in [0.717, 1.165) is 0 Å². The van der Waals surface area contributed by atoms with Crippen molar-refractivity contribution in [2.75, 3.05) is 33.2 Å². The van der Waals surface area contributed by atoms with Crippen LogP contribution in [0.5, 0.6) is 0 Å². The van der Waals surface area contributed by atoms with E-state index in [1.807, 2.05) is 13.8 Å². The number of hydrogen-bond donors (Lipinski definition) is 2. The monoisotopic (exact) mass is 342 g/mol. The first-order valence-electron chi connectivity index (χ1n) is 7.01. The molecule has 0 aromatic heterocycles. The highest BCUT2D eigenvalue weighted by Gasteiger charge is 2.35. The van der Waals surface area contributed by atoms with Gasteiger partial charge in [0.15, 0.2) is 0 Å². The van der Waals surface area contributed by atoms with Crippen LogP contribution in [0.1, 0.15) is 26.7 Å². The maximum atomic E-state index is 12.4. The lowest BCUT2D eigenvalue weighted by atomic mass is 9.99. The Morgan fingerprint density at radius 2 is 2.10 bits per heavy atom. The fourth-order valence-corrected chi connectivity index (χ4v) is 3.78. The Morgan fingerprint density at radius 3 is 2.62 bits per heavy atom. The van der Waals surface area contributed by atoms with Crippen molar-refractivity contribution in [1.82, 2.24) is 13.9 Å². The Labute approximate surface area is 133 Å². The third-order valence-electron chi connectivity index (χ3n) is 3.62. The summed E-state index contributed by atoms with van der Waals surface area (Å²) in [7, 11) is -1.92. The van der Waals surface area contributed by atoms with Crippen molar-refractivity contribution in [3.05, 3.63) is 0 Å². The topological polar surface area (TPSA) is 95.7 Å². The van der Waals surface area contributed by atoms with Gasteiger partial charge in [-0.1, -0.05) is 0 Å². The van der Waals surface area contributed by atoms with Crippen molar-refractivity contribution in [3.8, 4) is 0 Å². The fraction of sp³-hybridized carbons (Fsp3) is 0.917. The van der Waals surface area contributed by atoms with E-state index in [4.69, 9.17) is 5.73 Å². The largest absolute Gasteiger partial charge is 0.355 e. The summed E-state index contributed by atoms with van der Waals surface area (Å²) in [5.74, 6) is -0.395. The normalized spacial score (nSPS) is 20.4. The van der Waals surface area contributed by atoms with Gasteiger partial charge >= 0.3 is 0 Å². The van der Waals surface area contributed by atoms with Gasteiger partial charge in [-0.3, -0.25) is 4.79 Å². The van der Waals surface area contributed by atoms with Gasteiger partial charge in [0.25, 0.3) is 10.2 Å². The molecular formula is C12H27ClN4O3S. The number of halogens is 1. The van der Waals surface area contributed by atoms with Crippen LogP contribution in [-0.4, -0.2) is 62.2 Å². The number of rotatable bonds is 6. The molecule has 1 atom stereocenters. The van der Waals surface area contributed by atoms with Crippen LogP contribution in [0.2, 0.25) is 0 Å². The van der Waals surface area contributed by atoms with Crippen LogP contribution >= 0.6 is 12.4 Å². The maximum absolute atomic E-state index is 12.4. The summed E-state index contributed by atoms with van der Waals surface area (Å²) in [4.78, 5) is 11.9. The fourth-order valence-electron chi connectivity index (χ4n) is 2.15. The van der Waals surface area contributed by atoms with Crippen LogP contribution in [0.3, 0.4) is 0 Å². The van der Waals surface area contributed by atoms with Crippen LogP contribution in [-0.2, 0) is 15.0 Å². The smallest absolute Gasteiger partial charge is 0.281 e. The lowest BCUT2D eigenvalue weighted by molar-refractivity contribution is -0.126. The van der Waals surface area contributed by atoms with Gasteiger partial charge < -0.3 is 11.1 Å². The molecule has 1 rings (SSSR count). The molecule has 0 aliphatic carbocycles. The molecule has 0 radical (unpaired) electrons. The first kappa shape index (κ1) is 20.6. The molecule has 126 valence electrons. The summed E-state index contributed by atoms with van der Waals surface area (Å²) in [6.45, 7) is 5.18. The number of hydrogen-bond acceptors (Lipinski definition) is 4. The summed E-state index contributed by atoms with van der Waals surface area (Å²) < 4.78 is 27.6. The predicted octanol–water partition coefficient (Wildman–Crippen LogP) is -0.220. The molecule has 1 amide bonds. The molecule has 3 N–H and O–H groups in total. The Morgan fingerprint density at radius 1 is 1.48 bits per heavy atom. The molecule has 0 bridgehead atoms. The first-order valence-corrected chi connectivity index (χ1v) is 8.41. The number of nitrogens with one attached hydrogen (secondary N) is 1. The molecule has 1 heterocycles. The van der Waals surface area contributed by atoms with Crippen LogP contribution in [0, 0.1) is 5.92 Å². The van der Waals surface area contributed by atoms with E-state index in [0.29, 0.717) is 32.5 Å². The molecule has 0 aromatic rings. The second kappa shape index (κ2) is 8.89. The summed E-state index contributed by atoms with van der Waals surface area (Å²) in [6, 6.07) is -0.105. The van der Waals surface area contributed by atoms with E-state index in [-0.39, 0.29) is 36.8 Å². The second-order valence-electron chi connectivity index (χ2n) is 5.39. The third kappa shape index (κ3) is 5.37. The van der Waals surface area contributed by atoms with Gasteiger partial charge in [-0.05, 0) is 26.7 Å². The van der Waals surface area contributed by atoms with Gasteiger partial charge in [-0.2, -0.15) is 17.0 Å².